The Hall–Kier alpha value is -2.51. The zero-order valence-electron chi connectivity index (χ0n) is 14.9. The second-order valence-electron chi connectivity index (χ2n) is 6.26. The number of alkyl halides is 3. The first kappa shape index (κ1) is 19.8. The van der Waals surface area contributed by atoms with Crippen molar-refractivity contribution >= 4 is 11.9 Å². The van der Waals surface area contributed by atoms with Gasteiger partial charge in [0.15, 0.2) is 0 Å². The number of nitrogens with one attached hydrogen (secondary N) is 3. The van der Waals surface area contributed by atoms with Crippen molar-refractivity contribution in [1.29, 1.82) is 5.41 Å². The standard InChI is InChI=1S/C18H22F3N3O2/c1-4-23-17(25)24-14(12-5-6-12)9-15(22)26-16-10(2)7-13(8-11(16)3)18(19,20)21/h7-9,12,22H,4-6H2,1-3H3,(H2,23,24,25)/b14-9-,22-15?. The molecular weight excluding hydrogens is 347 g/mol. The van der Waals surface area contributed by atoms with Crippen LogP contribution in [0.1, 0.15) is 36.5 Å². The summed E-state index contributed by atoms with van der Waals surface area (Å²) in [4.78, 5) is 11.7. The van der Waals surface area contributed by atoms with Gasteiger partial charge in [-0.2, -0.15) is 13.2 Å². The summed E-state index contributed by atoms with van der Waals surface area (Å²) in [7, 11) is 0. The van der Waals surface area contributed by atoms with Crippen molar-refractivity contribution in [3.63, 3.8) is 0 Å². The Morgan fingerprint density at radius 3 is 2.35 bits per heavy atom. The molecule has 1 aliphatic carbocycles. The number of hydrogen-bond donors (Lipinski definition) is 3. The van der Waals surface area contributed by atoms with Crippen LogP contribution in [-0.2, 0) is 6.18 Å². The van der Waals surface area contributed by atoms with Gasteiger partial charge in [0, 0.05) is 18.3 Å². The highest BCUT2D eigenvalue weighted by molar-refractivity contribution is 5.89. The molecule has 5 nitrogen and oxygen atoms in total. The topological polar surface area (TPSA) is 74.2 Å². The third-order valence-corrected chi connectivity index (χ3v) is 3.90. The molecule has 0 aliphatic heterocycles. The Balaban J connectivity index is 2.16. The first-order valence-corrected chi connectivity index (χ1v) is 8.33. The lowest BCUT2D eigenvalue weighted by atomic mass is 10.1. The number of amides is 2. The smallest absolute Gasteiger partial charge is 0.416 e. The van der Waals surface area contributed by atoms with Gasteiger partial charge in [-0.15, -0.1) is 0 Å². The van der Waals surface area contributed by atoms with Gasteiger partial charge in [0.2, 0.25) is 5.90 Å². The normalized spacial score (nSPS) is 14.8. The van der Waals surface area contributed by atoms with E-state index < -0.39 is 11.7 Å². The number of hydrogen-bond acceptors (Lipinski definition) is 3. The molecule has 26 heavy (non-hydrogen) atoms. The number of allylic oxidation sites excluding steroid dienone is 1. The molecule has 0 radical (unpaired) electrons. The first-order chi connectivity index (χ1) is 12.1. The summed E-state index contributed by atoms with van der Waals surface area (Å²) in [5, 5.41) is 13.3. The highest BCUT2D eigenvalue weighted by Crippen LogP contribution is 2.36. The summed E-state index contributed by atoms with van der Waals surface area (Å²) < 4.78 is 44.0. The maximum Gasteiger partial charge on any atom is 0.416 e. The van der Waals surface area contributed by atoms with E-state index in [1.54, 1.807) is 6.92 Å². The third-order valence-electron chi connectivity index (χ3n) is 3.90. The molecule has 2 rings (SSSR count). The minimum Gasteiger partial charge on any atom is -0.439 e. The van der Waals surface area contributed by atoms with E-state index in [9.17, 15) is 18.0 Å². The predicted octanol–water partition coefficient (Wildman–Crippen LogP) is 4.29. The minimum atomic E-state index is -4.43. The number of carbonyl (C=O) groups is 1. The molecule has 1 aromatic rings. The van der Waals surface area contributed by atoms with E-state index >= 15 is 0 Å². The van der Waals surface area contributed by atoms with Crippen molar-refractivity contribution in [2.24, 2.45) is 5.92 Å². The van der Waals surface area contributed by atoms with Crippen molar-refractivity contribution in [3.05, 3.63) is 40.6 Å². The number of halogens is 3. The highest BCUT2D eigenvalue weighted by atomic mass is 19.4. The lowest BCUT2D eigenvalue weighted by Crippen LogP contribution is -2.35. The molecule has 0 aromatic heterocycles. The van der Waals surface area contributed by atoms with Gasteiger partial charge >= 0.3 is 12.2 Å². The number of carbonyl (C=O) groups excluding carboxylic acids is 1. The Morgan fingerprint density at radius 1 is 1.31 bits per heavy atom. The lowest BCUT2D eigenvalue weighted by Gasteiger charge is -2.15. The van der Waals surface area contributed by atoms with Crippen molar-refractivity contribution in [1.82, 2.24) is 10.6 Å². The van der Waals surface area contributed by atoms with E-state index in [0.29, 0.717) is 23.4 Å². The Bertz CT molecular complexity index is 715. The van der Waals surface area contributed by atoms with Crippen LogP contribution in [0, 0.1) is 25.2 Å². The molecule has 1 aromatic carbocycles. The second kappa shape index (κ2) is 7.80. The average molecular weight is 369 g/mol. The summed E-state index contributed by atoms with van der Waals surface area (Å²) in [5.41, 5.74) is 0.405. The summed E-state index contributed by atoms with van der Waals surface area (Å²) in [6, 6.07) is 1.63. The van der Waals surface area contributed by atoms with Gasteiger partial charge in [-0.3, -0.25) is 5.41 Å². The van der Waals surface area contributed by atoms with Crippen LogP contribution in [0.25, 0.3) is 0 Å². The van der Waals surface area contributed by atoms with E-state index in [2.05, 4.69) is 10.6 Å². The first-order valence-electron chi connectivity index (χ1n) is 8.33. The van der Waals surface area contributed by atoms with Crippen molar-refractivity contribution in [3.8, 4) is 5.75 Å². The van der Waals surface area contributed by atoms with Gasteiger partial charge in [-0.05, 0) is 62.8 Å². The summed E-state index contributed by atoms with van der Waals surface area (Å²) in [6.07, 6.45) is -1.21. The van der Waals surface area contributed by atoms with Crippen molar-refractivity contribution in [2.45, 2.75) is 39.8 Å². The largest absolute Gasteiger partial charge is 0.439 e. The monoisotopic (exact) mass is 369 g/mol. The maximum absolute atomic E-state index is 12.9. The zero-order chi connectivity index (χ0) is 19.5. The Morgan fingerprint density at radius 2 is 1.88 bits per heavy atom. The van der Waals surface area contributed by atoms with E-state index in [1.807, 2.05) is 0 Å². The predicted molar refractivity (Wildman–Crippen MR) is 92.3 cm³/mol. The van der Waals surface area contributed by atoms with Crippen molar-refractivity contribution < 1.29 is 22.7 Å². The van der Waals surface area contributed by atoms with Crippen LogP contribution in [0.4, 0.5) is 18.0 Å². The molecule has 1 saturated carbocycles. The highest BCUT2D eigenvalue weighted by Gasteiger charge is 2.32. The molecule has 1 aliphatic rings. The SMILES string of the molecule is CCNC(=O)N/C(=C\C(=N)Oc1c(C)cc(C(F)(F)F)cc1C)C1CC1. The molecule has 0 atom stereocenters. The number of benzene rings is 1. The fraction of sp³-hybridized carbons (Fsp3) is 0.444. The molecule has 0 saturated heterocycles. The molecule has 2 amide bonds. The molecule has 0 unspecified atom stereocenters. The number of rotatable bonds is 5. The summed E-state index contributed by atoms with van der Waals surface area (Å²) >= 11 is 0. The van der Waals surface area contributed by atoms with Crippen molar-refractivity contribution in [2.75, 3.05) is 6.54 Å². The molecule has 1 fully saturated rings. The van der Waals surface area contributed by atoms with Gasteiger partial charge in [0.1, 0.15) is 5.75 Å². The van der Waals surface area contributed by atoms with Crippen LogP contribution in [-0.4, -0.2) is 18.5 Å². The van der Waals surface area contributed by atoms with Crippen LogP contribution in [0.5, 0.6) is 5.75 Å². The fourth-order valence-electron chi connectivity index (χ4n) is 2.54. The maximum atomic E-state index is 12.9. The molecule has 8 heteroatoms. The average Bonchev–Trinajstić information content (AvgIpc) is 3.34. The van der Waals surface area contributed by atoms with Gasteiger partial charge in [0.05, 0.1) is 5.56 Å². The quantitative estimate of drug-likeness (QED) is 0.535. The van der Waals surface area contributed by atoms with Crippen LogP contribution < -0.4 is 15.4 Å². The second-order valence-corrected chi connectivity index (χ2v) is 6.26. The van der Waals surface area contributed by atoms with E-state index in [1.165, 1.54) is 19.9 Å². The molecule has 0 heterocycles. The van der Waals surface area contributed by atoms with Gasteiger partial charge in [-0.25, -0.2) is 4.79 Å². The minimum absolute atomic E-state index is 0.163. The third kappa shape index (κ3) is 5.24. The number of urea groups is 1. The van der Waals surface area contributed by atoms with Crippen LogP contribution >= 0.6 is 0 Å². The molecule has 3 N–H and O–H groups in total. The Labute approximate surface area is 150 Å². The lowest BCUT2D eigenvalue weighted by molar-refractivity contribution is -0.137. The summed E-state index contributed by atoms with van der Waals surface area (Å²) in [5.74, 6) is 0.137. The molecule has 142 valence electrons. The van der Waals surface area contributed by atoms with Gasteiger partial charge in [0.25, 0.3) is 0 Å². The van der Waals surface area contributed by atoms with E-state index in [4.69, 9.17) is 10.1 Å². The van der Waals surface area contributed by atoms with Crippen LogP contribution in [0.15, 0.2) is 23.9 Å². The van der Waals surface area contributed by atoms with Crippen LogP contribution in [0.2, 0.25) is 0 Å². The van der Waals surface area contributed by atoms with E-state index in [-0.39, 0.29) is 23.6 Å². The van der Waals surface area contributed by atoms with E-state index in [0.717, 1.165) is 25.0 Å². The number of aryl methyl sites for hydroxylation is 2. The molecule has 0 bridgehead atoms. The summed E-state index contributed by atoms with van der Waals surface area (Å²) in [6.45, 7) is 5.27. The van der Waals surface area contributed by atoms with Gasteiger partial charge < -0.3 is 15.4 Å². The fourth-order valence-corrected chi connectivity index (χ4v) is 2.54. The molecular formula is C18H22F3N3O2. The zero-order valence-corrected chi connectivity index (χ0v) is 14.9. The Kier molecular flexibility index (Phi) is 5.94. The van der Waals surface area contributed by atoms with Gasteiger partial charge in [-0.1, -0.05) is 0 Å². The van der Waals surface area contributed by atoms with Crippen LogP contribution in [0.3, 0.4) is 0 Å². The number of ether oxygens (including phenoxy) is 1. The molecule has 0 spiro atoms.